The summed E-state index contributed by atoms with van der Waals surface area (Å²) in [4.78, 5) is 14.0. The molecule has 0 saturated heterocycles. The fourth-order valence-corrected chi connectivity index (χ4v) is 2.34. The Labute approximate surface area is 124 Å². The zero-order valence-electron chi connectivity index (χ0n) is 12.4. The van der Waals surface area contributed by atoms with E-state index in [4.69, 9.17) is 0 Å². The third kappa shape index (κ3) is 3.40. The van der Waals surface area contributed by atoms with E-state index in [2.05, 4.69) is 0 Å². The fraction of sp³-hybridized carbons (Fsp3) is 0.353. The van der Waals surface area contributed by atoms with E-state index in [1.807, 2.05) is 36.4 Å². The van der Waals surface area contributed by atoms with Crippen molar-refractivity contribution in [3.8, 4) is 0 Å². The zero-order chi connectivity index (χ0) is 15.5. The molecule has 4 nitrogen and oxygen atoms in total. The highest BCUT2D eigenvalue weighted by atomic mass is 16.3. The average molecular weight is 287 g/mol. The van der Waals surface area contributed by atoms with Gasteiger partial charge in [0, 0.05) is 24.6 Å². The Kier molecular flexibility index (Phi) is 4.60. The standard InChI is InChI=1S/C17H21NO3/c1-17(11-19,12-20)10-18(2)16(21)15-8-7-13-5-3-4-6-14(13)9-15/h3-9,19-20H,10-12H2,1-2H3. The Morgan fingerprint density at radius 3 is 2.33 bits per heavy atom. The van der Waals surface area contributed by atoms with Crippen molar-refractivity contribution in [2.45, 2.75) is 6.92 Å². The third-order valence-corrected chi connectivity index (χ3v) is 3.73. The molecule has 0 fully saturated rings. The maximum absolute atomic E-state index is 12.5. The summed E-state index contributed by atoms with van der Waals surface area (Å²) in [6.07, 6.45) is 0. The van der Waals surface area contributed by atoms with Gasteiger partial charge >= 0.3 is 0 Å². The number of hydrogen-bond donors (Lipinski definition) is 2. The lowest BCUT2D eigenvalue weighted by atomic mass is 9.92. The third-order valence-electron chi connectivity index (χ3n) is 3.73. The number of carbonyl (C=O) groups excluding carboxylic acids is 1. The molecule has 0 heterocycles. The quantitative estimate of drug-likeness (QED) is 0.883. The van der Waals surface area contributed by atoms with E-state index >= 15 is 0 Å². The van der Waals surface area contributed by atoms with Gasteiger partial charge in [-0.3, -0.25) is 4.79 Å². The van der Waals surface area contributed by atoms with Crippen LogP contribution in [0.15, 0.2) is 42.5 Å². The topological polar surface area (TPSA) is 60.8 Å². The van der Waals surface area contributed by atoms with Crippen LogP contribution in [0.5, 0.6) is 0 Å². The van der Waals surface area contributed by atoms with Crippen molar-refractivity contribution in [3.05, 3.63) is 48.0 Å². The summed E-state index contributed by atoms with van der Waals surface area (Å²) in [6.45, 7) is 1.71. The first-order valence-electron chi connectivity index (χ1n) is 6.95. The molecule has 2 aromatic rings. The molecular weight excluding hydrogens is 266 g/mol. The molecule has 4 heteroatoms. The first kappa shape index (κ1) is 15.5. The van der Waals surface area contributed by atoms with Crippen LogP contribution in [0.25, 0.3) is 10.8 Å². The zero-order valence-corrected chi connectivity index (χ0v) is 12.4. The van der Waals surface area contributed by atoms with E-state index < -0.39 is 5.41 Å². The Bertz CT molecular complexity index is 635. The molecule has 0 bridgehead atoms. The van der Waals surface area contributed by atoms with E-state index in [1.54, 1.807) is 20.0 Å². The van der Waals surface area contributed by atoms with Crippen LogP contribution in [0, 0.1) is 5.41 Å². The molecule has 0 saturated carbocycles. The number of fused-ring (bicyclic) bond motifs is 1. The van der Waals surface area contributed by atoms with Gasteiger partial charge in [0.05, 0.1) is 13.2 Å². The highest BCUT2D eigenvalue weighted by Crippen LogP contribution is 2.19. The smallest absolute Gasteiger partial charge is 0.253 e. The van der Waals surface area contributed by atoms with Crippen LogP contribution in [0.1, 0.15) is 17.3 Å². The molecule has 0 aliphatic heterocycles. The minimum absolute atomic E-state index is 0.117. The summed E-state index contributed by atoms with van der Waals surface area (Å²) in [5, 5.41) is 20.8. The molecule has 0 radical (unpaired) electrons. The highest BCUT2D eigenvalue weighted by Gasteiger charge is 2.26. The molecule has 0 unspecified atom stereocenters. The minimum atomic E-state index is -0.693. The van der Waals surface area contributed by atoms with Gasteiger partial charge in [0.25, 0.3) is 5.91 Å². The van der Waals surface area contributed by atoms with Crippen molar-refractivity contribution < 1.29 is 15.0 Å². The molecule has 1 amide bonds. The first-order chi connectivity index (χ1) is 9.99. The van der Waals surface area contributed by atoms with E-state index in [0.717, 1.165) is 10.8 Å². The van der Waals surface area contributed by atoms with E-state index in [9.17, 15) is 15.0 Å². The summed E-state index contributed by atoms with van der Waals surface area (Å²) >= 11 is 0. The molecule has 21 heavy (non-hydrogen) atoms. The van der Waals surface area contributed by atoms with Crippen molar-refractivity contribution in [3.63, 3.8) is 0 Å². The van der Waals surface area contributed by atoms with E-state index in [0.29, 0.717) is 12.1 Å². The molecular formula is C17H21NO3. The second-order valence-electron chi connectivity index (χ2n) is 5.85. The second-order valence-corrected chi connectivity index (χ2v) is 5.85. The van der Waals surface area contributed by atoms with Gasteiger partial charge in [0.2, 0.25) is 0 Å². The van der Waals surface area contributed by atoms with Crippen molar-refractivity contribution in [2.75, 3.05) is 26.8 Å². The van der Waals surface area contributed by atoms with Crippen LogP contribution in [0.4, 0.5) is 0 Å². The van der Waals surface area contributed by atoms with Gasteiger partial charge < -0.3 is 15.1 Å². The predicted molar refractivity (Wildman–Crippen MR) is 83.2 cm³/mol. The first-order valence-corrected chi connectivity index (χ1v) is 6.95. The largest absolute Gasteiger partial charge is 0.396 e. The lowest BCUT2D eigenvalue weighted by molar-refractivity contribution is 0.0366. The normalized spacial score (nSPS) is 11.6. The monoisotopic (exact) mass is 287 g/mol. The van der Waals surface area contributed by atoms with Crippen LogP contribution in [-0.2, 0) is 0 Å². The summed E-state index contributed by atoms with van der Waals surface area (Å²) in [6, 6.07) is 13.5. The molecule has 0 atom stereocenters. The minimum Gasteiger partial charge on any atom is -0.396 e. The Morgan fingerprint density at radius 1 is 1.10 bits per heavy atom. The molecule has 0 aromatic heterocycles. The van der Waals surface area contributed by atoms with E-state index in [1.165, 1.54) is 4.90 Å². The fourth-order valence-electron chi connectivity index (χ4n) is 2.34. The van der Waals surface area contributed by atoms with Crippen molar-refractivity contribution in [1.82, 2.24) is 4.90 Å². The van der Waals surface area contributed by atoms with Crippen molar-refractivity contribution in [2.24, 2.45) is 5.41 Å². The van der Waals surface area contributed by atoms with Gasteiger partial charge in [0.1, 0.15) is 0 Å². The summed E-state index contributed by atoms with van der Waals surface area (Å²) in [5.74, 6) is -0.117. The SMILES string of the molecule is CN(CC(C)(CO)CO)C(=O)c1ccc2ccccc2c1. The number of benzene rings is 2. The lowest BCUT2D eigenvalue weighted by Crippen LogP contribution is -2.41. The lowest BCUT2D eigenvalue weighted by Gasteiger charge is -2.30. The Morgan fingerprint density at radius 2 is 1.71 bits per heavy atom. The van der Waals surface area contributed by atoms with Gasteiger partial charge in [-0.1, -0.05) is 37.3 Å². The highest BCUT2D eigenvalue weighted by molar-refractivity contribution is 5.98. The molecule has 2 rings (SSSR count). The number of nitrogens with zero attached hydrogens (tertiary/aromatic N) is 1. The predicted octanol–water partition coefficient (Wildman–Crippen LogP) is 1.90. The number of aliphatic hydroxyl groups excluding tert-OH is 2. The number of rotatable bonds is 5. The van der Waals surface area contributed by atoms with Gasteiger partial charge in [-0.2, -0.15) is 0 Å². The molecule has 0 spiro atoms. The van der Waals surface area contributed by atoms with Crippen LogP contribution < -0.4 is 0 Å². The summed E-state index contributed by atoms with van der Waals surface area (Å²) in [7, 11) is 1.68. The van der Waals surface area contributed by atoms with Crippen LogP contribution in [0.2, 0.25) is 0 Å². The molecule has 2 N–H and O–H groups in total. The van der Waals surface area contributed by atoms with Gasteiger partial charge in [-0.05, 0) is 22.9 Å². The number of aliphatic hydroxyl groups is 2. The summed E-state index contributed by atoms with van der Waals surface area (Å²) < 4.78 is 0. The molecule has 2 aromatic carbocycles. The summed E-state index contributed by atoms with van der Waals surface area (Å²) in [5.41, 5.74) is -0.0872. The number of hydrogen-bond acceptors (Lipinski definition) is 3. The Hall–Kier alpha value is -1.91. The van der Waals surface area contributed by atoms with Gasteiger partial charge in [0.15, 0.2) is 0 Å². The number of carbonyl (C=O) groups is 1. The second kappa shape index (κ2) is 6.24. The van der Waals surface area contributed by atoms with Gasteiger partial charge in [-0.25, -0.2) is 0 Å². The Balaban J connectivity index is 2.21. The van der Waals surface area contributed by atoms with Crippen molar-refractivity contribution >= 4 is 16.7 Å². The average Bonchev–Trinajstić information content (AvgIpc) is 2.53. The maximum Gasteiger partial charge on any atom is 0.253 e. The van der Waals surface area contributed by atoms with Crippen LogP contribution in [0.3, 0.4) is 0 Å². The van der Waals surface area contributed by atoms with Crippen molar-refractivity contribution in [1.29, 1.82) is 0 Å². The van der Waals surface area contributed by atoms with Crippen LogP contribution in [-0.4, -0.2) is 47.8 Å². The number of amides is 1. The molecule has 0 aliphatic rings. The maximum atomic E-state index is 12.5. The van der Waals surface area contributed by atoms with Gasteiger partial charge in [-0.15, -0.1) is 0 Å². The van der Waals surface area contributed by atoms with Crippen LogP contribution >= 0.6 is 0 Å². The van der Waals surface area contributed by atoms with E-state index in [-0.39, 0.29) is 19.1 Å². The molecule has 0 aliphatic carbocycles. The molecule has 112 valence electrons.